The van der Waals surface area contributed by atoms with E-state index in [1.54, 1.807) is 30.3 Å². The molecule has 0 heterocycles. The van der Waals surface area contributed by atoms with Crippen LogP contribution in [0.4, 0.5) is 11.4 Å². The number of amides is 1. The Balaban J connectivity index is 1.89. The summed E-state index contributed by atoms with van der Waals surface area (Å²) in [6.45, 7) is 7.53. The van der Waals surface area contributed by atoms with Crippen molar-refractivity contribution in [1.29, 1.82) is 0 Å². The van der Waals surface area contributed by atoms with E-state index in [0.29, 0.717) is 11.4 Å². The fourth-order valence-electron chi connectivity index (χ4n) is 3.61. The molecule has 6 heteroatoms. The van der Waals surface area contributed by atoms with Gasteiger partial charge in [0.05, 0.1) is 10.6 Å². The van der Waals surface area contributed by atoms with Gasteiger partial charge in [-0.15, -0.1) is 0 Å². The molecule has 0 saturated heterocycles. The third-order valence-corrected chi connectivity index (χ3v) is 7.57. The molecular weight excluding hydrogens is 432 g/mol. The van der Waals surface area contributed by atoms with E-state index in [-0.39, 0.29) is 11.4 Å². The molecule has 0 aliphatic carbocycles. The molecule has 0 aromatic heterocycles. The fourth-order valence-corrected chi connectivity index (χ4v) is 5.09. The zero-order chi connectivity index (χ0) is 24.0. The summed E-state index contributed by atoms with van der Waals surface area (Å²) < 4.78 is 28.4. The molecule has 1 N–H and O–H groups in total. The van der Waals surface area contributed by atoms with Crippen molar-refractivity contribution >= 4 is 27.3 Å². The van der Waals surface area contributed by atoms with Gasteiger partial charge in [0.15, 0.2) is 0 Å². The number of hydrogen-bond acceptors (Lipinski definition) is 3. The SMILES string of the molecule is CCCCc1ccc(NC(=O)CN(c2cccc(C)c2C)S(=O)(=O)c2ccc(C)cc2)cc1. The van der Waals surface area contributed by atoms with E-state index in [4.69, 9.17) is 0 Å². The van der Waals surface area contributed by atoms with E-state index in [0.717, 1.165) is 36.0 Å². The number of benzene rings is 3. The van der Waals surface area contributed by atoms with E-state index in [2.05, 4.69) is 12.2 Å². The van der Waals surface area contributed by atoms with Gasteiger partial charge in [0, 0.05) is 5.69 Å². The Morgan fingerprint density at radius 2 is 1.58 bits per heavy atom. The van der Waals surface area contributed by atoms with Gasteiger partial charge in [-0.3, -0.25) is 9.10 Å². The number of hydrogen-bond donors (Lipinski definition) is 1. The van der Waals surface area contributed by atoms with E-state index in [9.17, 15) is 13.2 Å². The van der Waals surface area contributed by atoms with Crippen molar-refractivity contribution < 1.29 is 13.2 Å². The monoisotopic (exact) mass is 464 g/mol. The van der Waals surface area contributed by atoms with Gasteiger partial charge in [-0.2, -0.15) is 0 Å². The van der Waals surface area contributed by atoms with Crippen LogP contribution in [0, 0.1) is 20.8 Å². The zero-order valence-electron chi connectivity index (χ0n) is 19.8. The second kappa shape index (κ2) is 10.7. The zero-order valence-corrected chi connectivity index (χ0v) is 20.6. The molecule has 0 aliphatic rings. The van der Waals surface area contributed by atoms with Gasteiger partial charge in [0.1, 0.15) is 6.54 Å². The largest absolute Gasteiger partial charge is 0.325 e. The van der Waals surface area contributed by atoms with Gasteiger partial charge in [0.2, 0.25) is 5.91 Å². The number of carbonyl (C=O) groups excluding carboxylic acids is 1. The van der Waals surface area contributed by atoms with Crippen LogP contribution in [-0.4, -0.2) is 20.9 Å². The number of carbonyl (C=O) groups is 1. The van der Waals surface area contributed by atoms with Crippen molar-refractivity contribution in [2.24, 2.45) is 0 Å². The van der Waals surface area contributed by atoms with E-state index in [1.165, 1.54) is 9.87 Å². The number of sulfonamides is 1. The molecule has 0 spiro atoms. The lowest BCUT2D eigenvalue weighted by atomic mass is 10.1. The maximum absolute atomic E-state index is 13.6. The van der Waals surface area contributed by atoms with Crippen LogP contribution >= 0.6 is 0 Å². The van der Waals surface area contributed by atoms with Crippen LogP contribution in [0.25, 0.3) is 0 Å². The maximum atomic E-state index is 13.6. The molecule has 5 nitrogen and oxygen atoms in total. The Morgan fingerprint density at radius 3 is 2.21 bits per heavy atom. The summed E-state index contributed by atoms with van der Waals surface area (Å²) in [5.41, 5.74) is 5.11. The number of nitrogens with one attached hydrogen (secondary N) is 1. The van der Waals surface area contributed by atoms with Crippen LogP contribution in [0.1, 0.15) is 42.0 Å². The first kappa shape index (κ1) is 24.5. The first-order valence-electron chi connectivity index (χ1n) is 11.3. The fraction of sp³-hybridized carbons (Fsp3) is 0.296. The second-order valence-corrected chi connectivity index (χ2v) is 10.3. The van der Waals surface area contributed by atoms with Gasteiger partial charge < -0.3 is 5.32 Å². The molecule has 174 valence electrons. The lowest BCUT2D eigenvalue weighted by Crippen LogP contribution is -2.38. The Kier molecular flexibility index (Phi) is 7.92. The Hall–Kier alpha value is -3.12. The predicted molar refractivity (Wildman–Crippen MR) is 135 cm³/mol. The molecule has 0 atom stereocenters. The number of rotatable bonds is 9. The average Bonchev–Trinajstić information content (AvgIpc) is 2.79. The van der Waals surface area contributed by atoms with Crippen molar-refractivity contribution in [1.82, 2.24) is 0 Å². The Labute approximate surface area is 197 Å². The van der Waals surface area contributed by atoms with Gasteiger partial charge in [-0.25, -0.2) is 8.42 Å². The van der Waals surface area contributed by atoms with Crippen molar-refractivity contribution in [2.75, 3.05) is 16.2 Å². The standard InChI is InChI=1S/C27H32N2O3S/c1-5-6-9-23-13-15-24(16-14-23)28-27(30)19-29(26-10-7-8-21(3)22(26)4)33(31,32)25-17-11-20(2)12-18-25/h7-8,10-18H,5-6,9,19H2,1-4H3,(H,28,30). The van der Waals surface area contributed by atoms with Gasteiger partial charge in [-0.05, 0) is 80.6 Å². The van der Waals surface area contributed by atoms with Crippen molar-refractivity contribution in [3.05, 3.63) is 89.0 Å². The van der Waals surface area contributed by atoms with E-state index in [1.807, 2.05) is 57.2 Å². The second-order valence-electron chi connectivity index (χ2n) is 8.39. The molecule has 33 heavy (non-hydrogen) atoms. The summed E-state index contributed by atoms with van der Waals surface area (Å²) >= 11 is 0. The van der Waals surface area contributed by atoms with Gasteiger partial charge in [-0.1, -0.05) is 55.3 Å². The van der Waals surface area contributed by atoms with Gasteiger partial charge in [0.25, 0.3) is 10.0 Å². The van der Waals surface area contributed by atoms with Crippen molar-refractivity contribution in [3.63, 3.8) is 0 Å². The van der Waals surface area contributed by atoms with Crippen molar-refractivity contribution in [3.8, 4) is 0 Å². The minimum absolute atomic E-state index is 0.155. The number of aryl methyl sites for hydroxylation is 3. The summed E-state index contributed by atoms with van der Waals surface area (Å²) in [6.07, 6.45) is 3.25. The minimum atomic E-state index is -3.94. The third kappa shape index (κ3) is 6.02. The topological polar surface area (TPSA) is 66.5 Å². The number of anilines is 2. The van der Waals surface area contributed by atoms with Crippen LogP contribution < -0.4 is 9.62 Å². The highest BCUT2D eigenvalue weighted by Gasteiger charge is 2.28. The molecule has 0 unspecified atom stereocenters. The predicted octanol–water partition coefficient (Wildman–Crippen LogP) is 5.79. The summed E-state index contributed by atoms with van der Waals surface area (Å²) in [5.74, 6) is -0.395. The maximum Gasteiger partial charge on any atom is 0.264 e. The van der Waals surface area contributed by atoms with E-state index >= 15 is 0 Å². The molecule has 1 amide bonds. The molecular formula is C27H32N2O3S. The van der Waals surface area contributed by atoms with E-state index < -0.39 is 15.9 Å². The quantitative estimate of drug-likeness (QED) is 0.436. The summed E-state index contributed by atoms with van der Waals surface area (Å²) in [5, 5.41) is 2.85. The van der Waals surface area contributed by atoms with Crippen molar-refractivity contribution in [2.45, 2.75) is 51.9 Å². The molecule has 3 aromatic carbocycles. The van der Waals surface area contributed by atoms with Crippen LogP contribution in [0.2, 0.25) is 0 Å². The molecule has 0 radical (unpaired) electrons. The first-order chi connectivity index (χ1) is 15.7. The third-order valence-electron chi connectivity index (χ3n) is 5.80. The Bertz CT molecular complexity index is 1200. The highest BCUT2D eigenvalue weighted by Crippen LogP contribution is 2.29. The van der Waals surface area contributed by atoms with Gasteiger partial charge >= 0.3 is 0 Å². The summed E-state index contributed by atoms with van der Waals surface area (Å²) in [7, 11) is -3.94. The molecule has 0 fully saturated rings. The number of nitrogens with zero attached hydrogens (tertiary/aromatic N) is 1. The van der Waals surface area contributed by atoms with Crippen LogP contribution in [0.3, 0.4) is 0 Å². The van der Waals surface area contributed by atoms with Crippen LogP contribution in [0.5, 0.6) is 0 Å². The highest BCUT2D eigenvalue weighted by atomic mass is 32.2. The smallest absolute Gasteiger partial charge is 0.264 e. The van der Waals surface area contributed by atoms with Crippen LogP contribution in [-0.2, 0) is 21.2 Å². The normalized spacial score (nSPS) is 11.3. The first-order valence-corrected chi connectivity index (χ1v) is 12.7. The summed E-state index contributed by atoms with van der Waals surface area (Å²) in [4.78, 5) is 13.1. The lowest BCUT2D eigenvalue weighted by Gasteiger charge is -2.26. The minimum Gasteiger partial charge on any atom is -0.325 e. The van der Waals surface area contributed by atoms with Crippen LogP contribution in [0.15, 0.2) is 71.6 Å². The molecule has 3 rings (SSSR count). The summed E-state index contributed by atoms with van der Waals surface area (Å²) in [6, 6.07) is 19.9. The Morgan fingerprint density at radius 1 is 0.909 bits per heavy atom. The molecule has 0 bridgehead atoms. The average molecular weight is 465 g/mol. The highest BCUT2D eigenvalue weighted by molar-refractivity contribution is 7.92. The molecule has 0 saturated carbocycles. The molecule has 3 aromatic rings. The molecule has 0 aliphatic heterocycles. The lowest BCUT2D eigenvalue weighted by molar-refractivity contribution is -0.114. The number of unbranched alkanes of at least 4 members (excludes halogenated alkanes) is 1.